The summed E-state index contributed by atoms with van der Waals surface area (Å²) in [6, 6.07) is 9.37. The molecule has 108 valence electrons. The molecule has 0 radical (unpaired) electrons. The highest BCUT2D eigenvalue weighted by Crippen LogP contribution is 2.14. The molecule has 2 amide bonds. The van der Waals surface area contributed by atoms with E-state index >= 15 is 0 Å². The maximum absolute atomic E-state index is 11.7. The van der Waals surface area contributed by atoms with Gasteiger partial charge in [0.05, 0.1) is 0 Å². The van der Waals surface area contributed by atoms with Crippen molar-refractivity contribution in [1.82, 2.24) is 10.3 Å². The van der Waals surface area contributed by atoms with E-state index in [1.54, 1.807) is 30.3 Å². The van der Waals surface area contributed by atoms with Crippen LogP contribution < -0.4 is 10.6 Å². The molecule has 6 nitrogen and oxygen atoms in total. The summed E-state index contributed by atoms with van der Waals surface area (Å²) >= 11 is 5.81. The van der Waals surface area contributed by atoms with Gasteiger partial charge in [-0.1, -0.05) is 23.7 Å². The van der Waals surface area contributed by atoms with E-state index < -0.39 is 5.97 Å². The summed E-state index contributed by atoms with van der Waals surface area (Å²) in [5.41, 5.74) is 1.24. The van der Waals surface area contributed by atoms with Crippen molar-refractivity contribution in [3.8, 4) is 0 Å². The van der Waals surface area contributed by atoms with Gasteiger partial charge in [-0.15, -0.1) is 0 Å². The van der Waals surface area contributed by atoms with Gasteiger partial charge in [-0.3, -0.25) is 0 Å². The summed E-state index contributed by atoms with van der Waals surface area (Å²) in [7, 11) is 0. The normalized spacial score (nSPS) is 9.95. The van der Waals surface area contributed by atoms with Gasteiger partial charge < -0.3 is 15.7 Å². The number of amides is 2. The van der Waals surface area contributed by atoms with Crippen LogP contribution in [0.3, 0.4) is 0 Å². The summed E-state index contributed by atoms with van der Waals surface area (Å²) in [5, 5.41) is 14.5. The molecule has 2 aromatic rings. The van der Waals surface area contributed by atoms with Crippen LogP contribution in [-0.4, -0.2) is 22.1 Å². The Balaban J connectivity index is 1.87. The van der Waals surface area contributed by atoms with Crippen LogP contribution in [0.2, 0.25) is 5.02 Å². The van der Waals surface area contributed by atoms with Crippen LogP contribution in [0.15, 0.2) is 42.6 Å². The lowest BCUT2D eigenvalue weighted by Crippen LogP contribution is -2.28. The van der Waals surface area contributed by atoms with Crippen molar-refractivity contribution < 1.29 is 14.7 Å². The summed E-state index contributed by atoms with van der Waals surface area (Å²) in [6.07, 6.45) is 1.41. The highest BCUT2D eigenvalue weighted by molar-refractivity contribution is 6.30. The van der Waals surface area contributed by atoms with Crippen molar-refractivity contribution in [2.24, 2.45) is 0 Å². The van der Waals surface area contributed by atoms with E-state index in [4.69, 9.17) is 16.7 Å². The number of carbonyl (C=O) groups is 2. The Morgan fingerprint density at radius 3 is 2.67 bits per heavy atom. The van der Waals surface area contributed by atoms with Crippen molar-refractivity contribution in [2.75, 3.05) is 5.32 Å². The zero-order chi connectivity index (χ0) is 15.2. The SMILES string of the molecule is O=C(NCc1ccc(C(=O)O)nc1)Nc1cccc(Cl)c1. The number of aromatic nitrogens is 1. The van der Waals surface area contributed by atoms with E-state index in [0.29, 0.717) is 16.3 Å². The number of hydrogen-bond acceptors (Lipinski definition) is 3. The first-order valence-electron chi connectivity index (χ1n) is 6.03. The summed E-state index contributed by atoms with van der Waals surface area (Å²) in [4.78, 5) is 26.1. The fraction of sp³-hybridized carbons (Fsp3) is 0.0714. The molecule has 0 unspecified atom stereocenters. The molecule has 3 N–H and O–H groups in total. The minimum Gasteiger partial charge on any atom is -0.477 e. The molecular weight excluding hydrogens is 294 g/mol. The molecule has 0 bridgehead atoms. The molecule has 0 saturated carbocycles. The fourth-order valence-corrected chi connectivity index (χ4v) is 1.77. The molecule has 0 saturated heterocycles. The number of pyridine rings is 1. The zero-order valence-corrected chi connectivity index (χ0v) is 11.6. The summed E-state index contributed by atoms with van der Waals surface area (Å²) in [6.45, 7) is 0.235. The second-order valence-corrected chi connectivity index (χ2v) is 4.61. The maximum Gasteiger partial charge on any atom is 0.354 e. The number of rotatable bonds is 4. The molecular formula is C14H12ClN3O3. The third-order valence-electron chi connectivity index (χ3n) is 2.58. The third kappa shape index (κ3) is 4.47. The lowest BCUT2D eigenvalue weighted by Gasteiger charge is -2.08. The number of hydrogen-bond donors (Lipinski definition) is 3. The highest BCUT2D eigenvalue weighted by Gasteiger charge is 2.05. The highest BCUT2D eigenvalue weighted by atomic mass is 35.5. The molecule has 0 atom stereocenters. The smallest absolute Gasteiger partial charge is 0.354 e. The number of benzene rings is 1. The first-order valence-corrected chi connectivity index (χ1v) is 6.41. The van der Waals surface area contributed by atoms with E-state index in [1.165, 1.54) is 12.3 Å². The maximum atomic E-state index is 11.7. The zero-order valence-electron chi connectivity index (χ0n) is 10.8. The van der Waals surface area contributed by atoms with Crippen LogP contribution in [0, 0.1) is 0 Å². The Labute approximate surface area is 125 Å². The predicted molar refractivity (Wildman–Crippen MR) is 78.5 cm³/mol. The number of urea groups is 1. The Bertz CT molecular complexity index is 659. The summed E-state index contributed by atoms with van der Waals surface area (Å²) < 4.78 is 0. The van der Waals surface area contributed by atoms with Crippen LogP contribution >= 0.6 is 11.6 Å². The van der Waals surface area contributed by atoms with Gasteiger partial charge in [0.2, 0.25) is 0 Å². The van der Waals surface area contributed by atoms with Crippen LogP contribution in [0.1, 0.15) is 16.1 Å². The van der Waals surface area contributed by atoms with Crippen LogP contribution in [0.5, 0.6) is 0 Å². The van der Waals surface area contributed by atoms with Crippen molar-refractivity contribution in [1.29, 1.82) is 0 Å². The van der Waals surface area contributed by atoms with Crippen molar-refractivity contribution in [3.63, 3.8) is 0 Å². The quantitative estimate of drug-likeness (QED) is 0.810. The first kappa shape index (κ1) is 14.8. The fourth-order valence-electron chi connectivity index (χ4n) is 1.58. The van der Waals surface area contributed by atoms with Crippen LogP contribution in [0.25, 0.3) is 0 Å². The second kappa shape index (κ2) is 6.71. The van der Waals surface area contributed by atoms with E-state index in [0.717, 1.165) is 0 Å². The lowest BCUT2D eigenvalue weighted by atomic mass is 10.2. The minimum absolute atomic E-state index is 0.0397. The Morgan fingerprint density at radius 2 is 2.05 bits per heavy atom. The molecule has 0 aliphatic carbocycles. The number of anilines is 1. The van der Waals surface area contributed by atoms with Gasteiger partial charge in [-0.25, -0.2) is 14.6 Å². The van der Waals surface area contributed by atoms with E-state index in [-0.39, 0.29) is 18.3 Å². The Hall–Kier alpha value is -2.60. The number of nitrogens with one attached hydrogen (secondary N) is 2. The van der Waals surface area contributed by atoms with Crippen molar-refractivity contribution >= 4 is 29.3 Å². The first-order chi connectivity index (χ1) is 10.0. The molecule has 0 fully saturated rings. The van der Waals surface area contributed by atoms with Gasteiger partial charge in [-0.2, -0.15) is 0 Å². The lowest BCUT2D eigenvalue weighted by molar-refractivity contribution is 0.0690. The van der Waals surface area contributed by atoms with Crippen LogP contribution in [0.4, 0.5) is 10.5 Å². The van der Waals surface area contributed by atoms with Crippen molar-refractivity contribution in [3.05, 3.63) is 58.9 Å². The van der Waals surface area contributed by atoms with Crippen molar-refractivity contribution in [2.45, 2.75) is 6.54 Å². The van der Waals surface area contributed by atoms with Gasteiger partial charge in [-0.05, 0) is 29.8 Å². The van der Waals surface area contributed by atoms with Gasteiger partial charge in [0.15, 0.2) is 0 Å². The molecule has 7 heteroatoms. The second-order valence-electron chi connectivity index (χ2n) is 4.17. The Kier molecular flexibility index (Phi) is 4.73. The number of nitrogens with zero attached hydrogens (tertiary/aromatic N) is 1. The Morgan fingerprint density at radius 1 is 1.24 bits per heavy atom. The molecule has 1 aromatic heterocycles. The molecule has 0 aliphatic heterocycles. The molecule has 0 spiro atoms. The summed E-state index contributed by atoms with van der Waals surface area (Å²) in [5.74, 6) is -1.09. The molecule has 1 aromatic carbocycles. The standard InChI is InChI=1S/C14H12ClN3O3/c15-10-2-1-3-11(6-10)18-14(21)17-8-9-4-5-12(13(19)20)16-7-9/h1-7H,8H2,(H,19,20)(H2,17,18,21). The monoisotopic (exact) mass is 305 g/mol. The molecule has 21 heavy (non-hydrogen) atoms. The minimum atomic E-state index is -1.09. The van der Waals surface area contributed by atoms with Gasteiger partial charge in [0.1, 0.15) is 5.69 Å². The van der Waals surface area contributed by atoms with E-state index in [9.17, 15) is 9.59 Å². The molecule has 2 rings (SSSR count). The van der Waals surface area contributed by atoms with Gasteiger partial charge in [0, 0.05) is 23.5 Å². The number of carboxylic acids is 1. The van der Waals surface area contributed by atoms with Crippen LogP contribution in [-0.2, 0) is 6.54 Å². The average molecular weight is 306 g/mol. The van der Waals surface area contributed by atoms with E-state index in [1.807, 2.05) is 0 Å². The number of aromatic carboxylic acids is 1. The number of carbonyl (C=O) groups excluding carboxylic acids is 1. The number of carboxylic acid groups (broad SMARTS) is 1. The van der Waals surface area contributed by atoms with E-state index in [2.05, 4.69) is 15.6 Å². The predicted octanol–water partition coefficient (Wildman–Crippen LogP) is 2.75. The topological polar surface area (TPSA) is 91.3 Å². The van der Waals surface area contributed by atoms with Gasteiger partial charge in [0.25, 0.3) is 0 Å². The average Bonchev–Trinajstić information content (AvgIpc) is 2.45. The molecule has 0 aliphatic rings. The molecule has 1 heterocycles. The van der Waals surface area contributed by atoms with Gasteiger partial charge >= 0.3 is 12.0 Å². The number of halogens is 1. The largest absolute Gasteiger partial charge is 0.477 e. The third-order valence-corrected chi connectivity index (χ3v) is 2.81.